The number of rotatable bonds is 11. The van der Waals surface area contributed by atoms with Crippen molar-refractivity contribution < 1.29 is 19.1 Å². The van der Waals surface area contributed by atoms with Crippen molar-refractivity contribution >= 4 is 27.9 Å². The monoisotopic (exact) mass is 336 g/mol. The predicted molar refractivity (Wildman–Crippen MR) is 78.3 cm³/mol. The number of alkyl halides is 1. The summed E-state index contributed by atoms with van der Waals surface area (Å²) >= 11 is 3.38. The number of esters is 2. The normalized spacial score (nSPS) is 11.9. The number of hydrogen-bond acceptors (Lipinski definition) is 4. The molecule has 0 radical (unpaired) electrons. The minimum atomic E-state index is -0.148. The molecule has 4 nitrogen and oxygen atoms in total. The Morgan fingerprint density at radius 3 is 2.16 bits per heavy atom. The first kappa shape index (κ1) is 18.4. The molecular weight excluding hydrogens is 312 g/mol. The first-order chi connectivity index (χ1) is 9.15. The second-order valence-electron chi connectivity index (χ2n) is 4.58. The van der Waals surface area contributed by atoms with Crippen LogP contribution in [0.25, 0.3) is 0 Å². The molecule has 0 N–H and O–H groups in total. The maximum Gasteiger partial charge on any atom is 0.308 e. The number of methoxy groups -OCH3 is 2. The van der Waals surface area contributed by atoms with Crippen molar-refractivity contribution in [2.45, 2.75) is 51.4 Å². The maximum atomic E-state index is 11.6. The van der Waals surface area contributed by atoms with E-state index in [9.17, 15) is 9.59 Å². The van der Waals surface area contributed by atoms with Gasteiger partial charge in [-0.05, 0) is 25.7 Å². The van der Waals surface area contributed by atoms with Crippen LogP contribution in [0.15, 0.2) is 0 Å². The summed E-state index contributed by atoms with van der Waals surface area (Å²) in [5.74, 6) is -0.233. The summed E-state index contributed by atoms with van der Waals surface area (Å²) in [6.07, 6.45) is 7.13. The van der Waals surface area contributed by atoms with Crippen molar-refractivity contribution in [2.24, 2.45) is 5.92 Å². The second-order valence-corrected chi connectivity index (χ2v) is 5.37. The third-order valence-electron chi connectivity index (χ3n) is 3.13. The Hall–Kier alpha value is -0.580. The highest BCUT2D eigenvalue weighted by Crippen LogP contribution is 2.18. The van der Waals surface area contributed by atoms with Gasteiger partial charge in [-0.15, -0.1) is 0 Å². The maximum absolute atomic E-state index is 11.6. The SMILES string of the molecule is COC(=O)CCCCCCC(CCCBr)C(=O)OC. The zero-order valence-corrected chi connectivity index (χ0v) is 13.5. The topological polar surface area (TPSA) is 52.6 Å². The Kier molecular flexibility index (Phi) is 12.1. The zero-order valence-electron chi connectivity index (χ0n) is 12.0. The summed E-state index contributed by atoms with van der Waals surface area (Å²) in [7, 11) is 2.85. The van der Waals surface area contributed by atoms with Gasteiger partial charge in [-0.2, -0.15) is 0 Å². The van der Waals surface area contributed by atoms with Crippen molar-refractivity contribution in [2.75, 3.05) is 19.5 Å². The Bertz CT molecular complexity index is 256. The van der Waals surface area contributed by atoms with Crippen molar-refractivity contribution in [1.29, 1.82) is 0 Å². The number of unbranched alkanes of at least 4 members (excludes halogenated alkanes) is 3. The molecule has 0 fully saturated rings. The third-order valence-corrected chi connectivity index (χ3v) is 3.69. The highest BCUT2D eigenvalue weighted by molar-refractivity contribution is 9.09. The van der Waals surface area contributed by atoms with Crippen molar-refractivity contribution in [3.63, 3.8) is 0 Å². The van der Waals surface area contributed by atoms with Crippen LogP contribution in [0.4, 0.5) is 0 Å². The van der Waals surface area contributed by atoms with Gasteiger partial charge in [0.2, 0.25) is 0 Å². The number of carbonyl (C=O) groups is 2. The lowest BCUT2D eigenvalue weighted by Crippen LogP contribution is -2.16. The van der Waals surface area contributed by atoms with E-state index in [1.165, 1.54) is 14.2 Å². The first-order valence-electron chi connectivity index (χ1n) is 6.86. The molecule has 1 unspecified atom stereocenters. The molecule has 0 aliphatic rings. The van der Waals surface area contributed by atoms with E-state index >= 15 is 0 Å². The lowest BCUT2D eigenvalue weighted by Gasteiger charge is -2.13. The first-order valence-corrected chi connectivity index (χ1v) is 7.98. The highest BCUT2D eigenvalue weighted by atomic mass is 79.9. The molecule has 5 heteroatoms. The summed E-state index contributed by atoms with van der Waals surface area (Å²) in [6.45, 7) is 0. The molecule has 0 bridgehead atoms. The smallest absolute Gasteiger partial charge is 0.308 e. The Morgan fingerprint density at radius 2 is 1.58 bits per heavy atom. The lowest BCUT2D eigenvalue weighted by atomic mass is 9.96. The lowest BCUT2D eigenvalue weighted by molar-refractivity contribution is -0.146. The van der Waals surface area contributed by atoms with Crippen LogP contribution in [-0.2, 0) is 19.1 Å². The van der Waals surface area contributed by atoms with Crippen LogP contribution in [0.3, 0.4) is 0 Å². The Balaban J connectivity index is 3.68. The number of hydrogen-bond donors (Lipinski definition) is 0. The van der Waals surface area contributed by atoms with Crippen LogP contribution in [0.5, 0.6) is 0 Å². The molecule has 1 atom stereocenters. The number of ether oxygens (including phenoxy) is 2. The molecule has 0 aromatic rings. The van der Waals surface area contributed by atoms with Gasteiger partial charge in [0.25, 0.3) is 0 Å². The summed E-state index contributed by atoms with van der Waals surface area (Å²) in [5, 5.41) is 0.916. The fraction of sp³-hybridized carbons (Fsp3) is 0.857. The van der Waals surface area contributed by atoms with Gasteiger partial charge in [-0.1, -0.05) is 35.2 Å². The van der Waals surface area contributed by atoms with Crippen LogP contribution in [0.1, 0.15) is 51.4 Å². The molecule has 0 spiro atoms. The van der Waals surface area contributed by atoms with Crippen molar-refractivity contribution in [3.8, 4) is 0 Å². The van der Waals surface area contributed by atoms with Gasteiger partial charge in [-0.25, -0.2) is 0 Å². The molecular formula is C14H25BrO4. The van der Waals surface area contributed by atoms with E-state index < -0.39 is 0 Å². The minimum absolute atomic E-state index is 0.0168. The highest BCUT2D eigenvalue weighted by Gasteiger charge is 2.17. The van der Waals surface area contributed by atoms with Gasteiger partial charge in [-0.3, -0.25) is 9.59 Å². The number of carbonyl (C=O) groups excluding carboxylic acids is 2. The average Bonchev–Trinajstić information content (AvgIpc) is 2.44. The Morgan fingerprint density at radius 1 is 0.947 bits per heavy atom. The van der Waals surface area contributed by atoms with Crippen molar-refractivity contribution in [3.05, 3.63) is 0 Å². The van der Waals surface area contributed by atoms with Gasteiger partial charge >= 0.3 is 11.9 Å². The van der Waals surface area contributed by atoms with E-state index in [1.807, 2.05) is 0 Å². The molecule has 0 aromatic carbocycles. The van der Waals surface area contributed by atoms with E-state index in [0.29, 0.717) is 6.42 Å². The summed E-state index contributed by atoms with van der Waals surface area (Å²) in [4.78, 5) is 22.5. The van der Waals surface area contributed by atoms with Gasteiger partial charge < -0.3 is 9.47 Å². The zero-order chi connectivity index (χ0) is 14.5. The summed E-state index contributed by atoms with van der Waals surface area (Å²) in [6, 6.07) is 0. The van der Waals surface area contributed by atoms with E-state index in [4.69, 9.17) is 4.74 Å². The number of halogens is 1. The molecule has 0 saturated heterocycles. The largest absolute Gasteiger partial charge is 0.469 e. The van der Waals surface area contributed by atoms with Crippen LogP contribution in [0.2, 0.25) is 0 Å². The van der Waals surface area contributed by atoms with Gasteiger partial charge in [0, 0.05) is 11.8 Å². The van der Waals surface area contributed by atoms with Gasteiger partial charge in [0.05, 0.1) is 20.1 Å². The molecule has 0 amide bonds. The van der Waals surface area contributed by atoms with E-state index in [2.05, 4.69) is 20.7 Å². The van der Waals surface area contributed by atoms with Crippen LogP contribution >= 0.6 is 15.9 Å². The Labute approximate surface area is 124 Å². The molecule has 0 rings (SSSR count). The third kappa shape index (κ3) is 9.93. The average molecular weight is 337 g/mol. The second kappa shape index (κ2) is 12.5. The minimum Gasteiger partial charge on any atom is -0.469 e. The van der Waals surface area contributed by atoms with Crippen LogP contribution < -0.4 is 0 Å². The van der Waals surface area contributed by atoms with Gasteiger partial charge in [0.1, 0.15) is 0 Å². The molecule has 0 aromatic heterocycles. The molecule has 19 heavy (non-hydrogen) atoms. The molecule has 0 aliphatic heterocycles. The standard InChI is InChI=1S/C14H25BrO4/c1-18-13(16)10-6-4-3-5-8-12(9-7-11-15)14(17)19-2/h12H,3-11H2,1-2H3. The fourth-order valence-corrected chi connectivity index (χ4v) is 2.31. The molecule has 0 saturated carbocycles. The molecule has 0 aliphatic carbocycles. The summed E-state index contributed by atoms with van der Waals surface area (Å²) < 4.78 is 9.40. The van der Waals surface area contributed by atoms with Crippen molar-refractivity contribution in [1.82, 2.24) is 0 Å². The summed E-state index contributed by atoms with van der Waals surface area (Å²) in [5.41, 5.74) is 0. The van der Waals surface area contributed by atoms with E-state index in [-0.39, 0.29) is 17.9 Å². The van der Waals surface area contributed by atoms with Gasteiger partial charge in [0.15, 0.2) is 0 Å². The molecule has 0 heterocycles. The molecule has 112 valence electrons. The predicted octanol–water partition coefficient (Wildman–Crippen LogP) is 3.46. The quantitative estimate of drug-likeness (QED) is 0.329. The van der Waals surface area contributed by atoms with E-state index in [0.717, 1.165) is 50.3 Å². The fourth-order valence-electron chi connectivity index (χ4n) is 1.99. The van der Waals surface area contributed by atoms with Crippen LogP contribution in [-0.4, -0.2) is 31.5 Å². The van der Waals surface area contributed by atoms with E-state index in [1.54, 1.807) is 0 Å². The van der Waals surface area contributed by atoms with Crippen LogP contribution in [0, 0.1) is 5.92 Å².